The van der Waals surface area contributed by atoms with Gasteiger partial charge >= 0.3 is 0 Å². The van der Waals surface area contributed by atoms with Gasteiger partial charge in [0, 0.05) is 12.1 Å². The Morgan fingerprint density at radius 3 is 2.61 bits per heavy atom. The Kier molecular flexibility index (Phi) is 4.62. The number of furan rings is 1. The van der Waals surface area contributed by atoms with E-state index in [1.807, 2.05) is 30.3 Å². The molecular weight excluding hydrogens is 394 g/mol. The second-order valence-electron chi connectivity index (χ2n) is 7.48. The maximum absolute atomic E-state index is 5.54. The van der Waals surface area contributed by atoms with Crippen LogP contribution in [0.15, 0.2) is 47.3 Å². The van der Waals surface area contributed by atoms with Crippen molar-refractivity contribution in [1.29, 1.82) is 0 Å². The molecular formula is C23H23N5O3. The molecule has 0 radical (unpaired) electrons. The van der Waals surface area contributed by atoms with Crippen molar-refractivity contribution in [2.75, 3.05) is 14.2 Å². The van der Waals surface area contributed by atoms with Crippen molar-refractivity contribution in [1.82, 2.24) is 24.1 Å². The summed E-state index contributed by atoms with van der Waals surface area (Å²) in [5, 5.41) is 5.67. The summed E-state index contributed by atoms with van der Waals surface area (Å²) in [5.41, 5.74) is 5.01. The first-order valence-corrected chi connectivity index (χ1v) is 10.0. The molecule has 5 aromatic rings. The van der Waals surface area contributed by atoms with Gasteiger partial charge in [0.05, 0.1) is 32.4 Å². The lowest BCUT2D eigenvalue weighted by Crippen LogP contribution is -2.02. The fourth-order valence-electron chi connectivity index (χ4n) is 3.97. The number of methoxy groups -OCH3 is 2. The highest BCUT2D eigenvalue weighted by atomic mass is 16.5. The average molecular weight is 417 g/mol. The van der Waals surface area contributed by atoms with Gasteiger partial charge in [-0.15, -0.1) is 5.10 Å². The Morgan fingerprint density at radius 1 is 1.03 bits per heavy atom. The summed E-state index contributed by atoms with van der Waals surface area (Å²) in [5.74, 6) is 2.99. The Hall–Kier alpha value is -3.81. The van der Waals surface area contributed by atoms with Gasteiger partial charge in [-0.05, 0) is 49.2 Å². The maximum Gasteiger partial charge on any atom is 0.168 e. The van der Waals surface area contributed by atoms with Crippen LogP contribution in [0.3, 0.4) is 0 Å². The van der Waals surface area contributed by atoms with Crippen LogP contribution in [-0.2, 0) is 13.0 Å². The van der Waals surface area contributed by atoms with Gasteiger partial charge in [-0.25, -0.2) is 14.5 Å². The van der Waals surface area contributed by atoms with Crippen molar-refractivity contribution in [3.63, 3.8) is 0 Å². The van der Waals surface area contributed by atoms with E-state index in [0.29, 0.717) is 24.5 Å². The molecule has 8 nitrogen and oxygen atoms in total. The minimum atomic E-state index is 0.578. The van der Waals surface area contributed by atoms with Crippen LogP contribution >= 0.6 is 0 Å². The van der Waals surface area contributed by atoms with Crippen LogP contribution in [0.5, 0.6) is 11.5 Å². The largest absolute Gasteiger partial charge is 0.493 e. The molecule has 0 atom stereocenters. The zero-order valence-electron chi connectivity index (χ0n) is 17.9. The molecule has 0 saturated heterocycles. The summed E-state index contributed by atoms with van der Waals surface area (Å²) in [6, 6.07) is 9.71. The number of hydrogen-bond donors (Lipinski definition) is 0. The first-order chi connectivity index (χ1) is 15.1. The van der Waals surface area contributed by atoms with E-state index in [1.54, 1.807) is 31.3 Å². The van der Waals surface area contributed by atoms with E-state index in [0.717, 1.165) is 45.1 Å². The summed E-state index contributed by atoms with van der Waals surface area (Å²) in [6.07, 6.45) is 3.99. The lowest BCUT2D eigenvalue weighted by atomic mass is 10.1. The number of benzene rings is 1. The van der Waals surface area contributed by atoms with Crippen LogP contribution in [0.2, 0.25) is 0 Å². The third kappa shape index (κ3) is 3.20. The van der Waals surface area contributed by atoms with Gasteiger partial charge < -0.3 is 18.5 Å². The predicted molar refractivity (Wildman–Crippen MR) is 116 cm³/mol. The van der Waals surface area contributed by atoms with E-state index in [-0.39, 0.29) is 0 Å². The Morgan fingerprint density at radius 2 is 1.87 bits per heavy atom. The topological polar surface area (TPSA) is 79.6 Å². The van der Waals surface area contributed by atoms with Crippen LogP contribution in [-0.4, -0.2) is 38.4 Å². The molecule has 0 bridgehead atoms. The number of aromatic nitrogens is 5. The normalized spacial score (nSPS) is 11.5. The molecule has 0 amide bonds. The van der Waals surface area contributed by atoms with Gasteiger partial charge in [0.25, 0.3) is 0 Å². The van der Waals surface area contributed by atoms with E-state index in [1.165, 1.54) is 0 Å². The monoisotopic (exact) mass is 417 g/mol. The second-order valence-corrected chi connectivity index (χ2v) is 7.48. The maximum atomic E-state index is 5.54. The van der Waals surface area contributed by atoms with Gasteiger partial charge in [0.2, 0.25) is 0 Å². The van der Waals surface area contributed by atoms with Crippen LogP contribution in [0.25, 0.3) is 16.7 Å². The highest BCUT2D eigenvalue weighted by Crippen LogP contribution is 2.30. The number of aryl methyl sites for hydroxylation is 1. The minimum Gasteiger partial charge on any atom is -0.493 e. The van der Waals surface area contributed by atoms with Crippen molar-refractivity contribution < 1.29 is 13.9 Å². The molecule has 0 N–H and O–H groups in total. The van der Waals surface area contributed by atoms with Crippen molar-refractivity contribution in [3.8, 4) is 11.5 Å². The van der Waals surface area contributed by atoms with Crippen molar-refractivity contribution >= 4 is 16.7 Å². The molecule has 0 aliphatic carbocycles. The molecule has 0 aliphatic rings. The standard InChI is InChI=1S/C23H23N5O3/c1-14-15(2)27(12-17-6-5-9-31-17)22-21(14)23-25-20(26-28(23)13-24-22)11-16-7-8-18(29-3)19(10-16)30-4/h5-10,13H,11-12H2,1-4H3. The fraction of sp³-hybridized carbons (Fsp3) is 0.261. The van der Waals surface area contributed by atoms with E-state index in [4.69, 9.17) is 18.9 Å². The third-order valence-corrected chi connectivity index (χ3v) is 5.69. The van der Waals surface area contributed by atoms with E-state index in [9.17, 15) is 0 Å². The van der Waals surface area contributed by atoms with Gasteiger partial charge in [0.15, 0.2) is 23.0 Å². The average Bonchev–Trinajstić information content (AvgIpc) is 3.49. The predicted octanol–water partition coefficient (Wildman–Crippen LogP) is 3.95. The summed E-state index contributed by atoms with van der Waals surface area (Å²) in [7, 11) is 3.26. The number of rotatable bonds is 6. The smallest absolute Gasteiger partial charge is 0.168 e. The molecule has 31 heavy (non-hydrogen) atoms. The lowest BCUT2D eigenvalue weighted by molar-refractivity contribution is 0.354. The SMILES string of the molecule is COc1ccc(Cc2nc3c4c(C)c(C)n(Cc5ccco5)c4ncn3n2)cc1OC. The zero-order chi connectivity index (χ0) is 21.5. The molecule has 8 heteroatoms. The molecule has 4 aromatic heterocycles. The van der Waals surface area contributed by atoms with Gasteiger partial charge in [-0.3, -0.25) is 0 Å². The van der Waals surface area contributed by atoms with Crippen LogP contribution in [0, 0.1) is 13.8 Å². The van der Waals surface area contributed by atoms with E-state index >= 15 is 0 Å². The van der Waals surface area contributed by atoms with Gasteiger partial charge in [-0.2, -0.15) is 0 Å². The van der Waals surface area contributed by atoms with Crippen molar-refractivity contribution in [2.45, 2.75) is 26.8 Å². The van der Waals surface area contributed by atoms with Crippen LogP contribution in [0.4, 0.5) is 0 Å². The fourth-order valence-corrected chi connectivity index (χ4v) is 3.97. The number of fused-ring (bicyclic) bond motifs is 3. The zero-order valence-corrected chi connectivity index (χ0v) is 17.9. The Balaban J connectivity index is 1.56. The molecule has 5 rings (SSSR count). The Labute approximate surface area is 179 Å². The minimum absolute atomic E-state index is 0.578. The van der Waals surface area contributed by atoms with Crippen LogP contribution in [0.1, 0.15) is 28.4 Å². The first kappa shape index (κ1) is 19.2. The lowest BCUT2D eigenvalue weighted by Gasteiger charge is -2.08. The number of hydrogen-bond acceptors (Lipinski definition) is 6. The second kappa shape index (κ2) is 7.46. The van der Waals surface area contributed by atoms with Crippen molar-refractivity contribution in [2.24, 2.45) is 0 Å². The molecule has 1 aromatic carbocycles. The highest BCUT2D eigenvalue weighted by molar-refractivity contribution is 5.93. The van der Waals surface area contributed by atoms with Gasteiger partial charge in [0.1, 0.15) is 17.7 Å². The molecule has 158 valence electrons. The van der Waals surface area contributed by atoms with Crippen molar-refractivity contribution in [3.05, 3.63) is 71.3 Å². The summed E-state index contributed by atoms with van der Waals surface area (Å²) >= 11 is 0. The summed E-state index contributed by atoms with van der Waals surface area (Å²) in [6.45, 7) is 4.82. The molecule has 0 fully saturated rings. The summed E-state index contributed by atoms with van der Waals surface area (Å²) in [4.78, 5) is 9.54. The van der Waals surface area contributed by atoms with Crippen LogP contribution < -0.4 is 9.47 Å². The van der Waals surface area contributed by atoms with E-state index < -0.39 is 0 Å². The third-order valence-electron chi connectivity index (χ3n) is 5.69. The molecule has 0 unspecified atom stereocenters. The molecule has 0 saturated carbocycles. The highest BCUT2D eigenvalue weighted by Gasteiger charge is 2.19. The Bertz CT molecular complexity index is 1380. The van der Waals surface area contributed by atoms with Gasteiger partial charge in [-0.1, -0.05) is 6.07 Å². The first-order valence-electron chi connectivity index (χ1n) is 10.0. The molecule has 4 heterocycles. The number of ether oxygens (including phenoxy) is 2. The number of nitrogens with zero attached hydrogens (tertiary/aromatic N) is 5. The summed E-state index contributed by atoms with van der Waals surface area (Å²) < 4.78 is 20.2. The quantitative estimate of drug-likeness (QED) is 0.416. The molecule has 0 aliphatic heterocycles. The van der Waals surface area contributed by atoms with E-state index in [2.05, 4.69) is 28.5 Å². The molecule has 0 spiro atoms.